The van der Waals surface area contributed by atoms with Gasteiger partial charge >= 0.3 is 6.09 Å². The summed E-state index contributed by atoms with van der Waals surface area (Å²) >= 11 is 0. The van der Waals surface area contributed by atoms with Crippen molar-refractivity contribution >= 4 is 36.9 Å². The van der Waals surface area contributed by atoms with Crippen molar-refractivity contribution in [1.82, 2.24) is 4.90 Å². The minimum absolute atomic E-state index is 0.0430. The quantitative estimate of drug-likeness (QED) is 0.245. The fourth-order valence-corrected chi connectivity index (χ4v) is 7.56. The van der Waals surface area contributed by atoms with Gasteiger partial charge in [0.2, 0.25) is 5.91 Å². The second-order valence-electron chi connectivity index (χ2n) is 12.5. The first-order valence-corrected chi connectivity index (χ1v) is 20.0. The van der Waals surface area contributed by atoms with Gasteiger partial charge < -0.3 is 18.6 Å². The van der Waals surface area contributed by atoms with E-state index in [0.29, 0.717) is 13.0 Å². The zero-order valence-corrected chi connectivity index (χ0v) is 27.5. The van der Waals surface area contributed by atoms with Gasteiger partial charge in [0, 0.05) is 11.8 Å². The van der Waals surface area contributed by atoms with Gasteiger partial charge in [0.1, 0.15) is 6.61 Å². The van der Waals surface area contributed by atoms with Crippen LogP contribution in [0.15, 0.2) is 30.3 Å². The smallest absolute Gasteiger partial charge is 0.416 e. The summed E-state index contributed by atoms with van der Waals surface area (Å²) in [6.45, 7) is 20.1. The Kier molecular flexibility index (Phi) is 10.6. The number of nitrogens with zero attached hydrogens (tertiary/aromatic N) is 1. The molecule has 9 atom stereocenters. The molecule has 0 N–H and O–H groups in total. The predicted octanol–water partition coefficient (Wildman–Crippen LogP) is 6.48. The Bertz CT molecular complexity index is 956. The summed E-state index contributed by atoms with van der Waals surface area (Å²) in [6, 6.07) is 9.30. The second-order valence-corrected chi connectivity index (χ2v) is 21.5. The molecule has 2 amide bonds. The van der Waals surface area contributed by atoms with Crippen molar-refractivity contribution in [2.75, 3.05) is 19.9 Å². The molecule has 2 aliphatic heterocycles. The van der Waals surface area contributed by atoms with Gasteiger partial charge in [-0.15, -0.1) is 8.93 Å². The fraction of sp³-hybridized carbons (Fsp3) is 0.714. The van der Waals surface area contributed by atoms with Crippen molar-refractivity contribution in [1.29, 1.82) is 0 Å². The molecule has 0 saturated carbocycles. The first kappa shape index (κ1) is 31.6. The molecule has 0 spiro atoms. The average Bonchev–Trinajstić information content (AvgIpc) is 3.20. The topological polar surface area (TPSA) is 74.3 Å². The van der Waals surface area contributed by atoms with Gasteiger partial charge in [0.05, 0.1) is 30.8 Å². The van der Waals surface area contributed by atoms with Crippen LogP contribution in [0.1, 0.15) is 47.1 Å². The van der Waals surface area contributed by atoms with Gasteiger partial charge in [-0.05, 0) is 44.4 Å². The van der Waals surface area contributed by atoms with Crippen molar-refractivity contribution in [2.24, 2.45) is 17.8 Å². The first-order valence-electron chi connectivity index (χ1n) is 13.6. The van der Waals surface area contributed by atoms with Crippen LogP contribution in [0.5, 0.6) is 0 Å². The third kappa shape index (κ3) is 7.24. The van der Waals surface area contributed by atoms with Crippen LogP contribution in [0, 0.1) is 17.8 Å². The highest BCUT2D eigenvalue weighted by Gasteiger charge is 2.49. The summed E-state index contributed by atoms with van der Waals surface area (Å²) < 4.78 is 24.8. The standard InChI is InChI=1S/C28H47NO6P2Si/c1-18-16-33-27(37(7)36)34-23(18)19(2)24(35-38(8,9)28(4,5)6)20(3)25(30)29-22(17-32-26(29)31)15-21-13-11-10-12-14-21/h10-14,18-20,22-24,27H,15-17,36H2,1-9H3/t18-,19+,20+,22+,23-,24-,27?,37?/m0/s1. The van der Waals surface area contributed by atoms with Crippen LogP contribution in [0.4, 0.5) is 4.79 Å². The van der Waals surface area contributed by atoms with Crippen LogP contribution >= 0.6 is 16.5 Å². The summed E-state index contributed by atoms with van der Waals surface area (Å²) in [7, 11) is 0.0286. The van der Waals surface area contributed by atoms with E-state index in [9.17, 15) is 9.59 Å². The molecule has 10 heteroatoms. The van der Waals surface area contributed by atoms with Crippen LogP contribution in [-0.4, -0.2) is 69.4 Å². The van der Waals surface area contributed by atoms with Crippen LogP contribution in [0.2, 0.25) is 18.1 Å². The molecule has 2 heterocycles. The van der Waals surface area contributed by atoms with E-state index in [2.05, 4.69) is 63.3 Å². The molecule has 2 saturated heterocycles. The summed E-state index contributed by atoms with van der Waals surface area (Å²) in [5.74, 6) is -0.740. The highest BCUT2D eigenvalue weighted by molar-refractivity contribution is 8.13. The van der Waals surface area contributed by atoms with Crippen LogP contribution in [0.3, 0.4) is 0 Å². The molecule has 214 valence electrons. The first-order chi connectivity index (χ1) is 17.6. The molecule has 2 fully saturated rings. The fourth-order valence-electron chi connectivity index (χ4n) is 4.99. The Balaban J connectivity index is 1.90. The monoisotopic (exact) mass is 583 g/mol. The molecule has 0 bridgehead atoms. The van der Waals surface area contributed by atoms with Gasteiger partial charge in [-0.2, -0.15) is 0 Å². The maximum atomic E-state index is 14.1. The normalized spacial score (nSPS) is 27.9. The predicted molar refractivity (Wildman–Crippen MR) is 159 cm³/mol. The molecule has 38 heavy (non-hydrogen) atoms. The maximum absolute atomic E-state index is 14.1. The van der Waals surface area contributed by atoms with Gasteiger partial charge in [-0.3, -0.25) is 4.79 Å². The molecule has 0 aliphatic carbocycles. The van der Waals surface area contributed by atoms with E-state index >= 15 is 0 Å². The lowest BCUT2D eigenvalue weighted by Gasteiger charge is -2.47. The highest BCUT2D eigenvalue weighted by Crippen LogP contribution is 2.50. The number of amides is 2. The van der Waals surface area contributed by atoms with E-state index in [1.54, 1.807) is 0 Å². The van der Waals surface area contributed by atoms with Crippen LogP contribution < -0.4 is 0 Å². The molecule has 1 aromatic carbocycles. The Labute approximate surface area is 233 Å². The summed E-state index contributed by atoms with van der Waals surface area (Å²) in [5.41, 5.74) is 1.06. The Hall–Kier alpha value is -0.883. The van der Waals surface area contributed by atoms with Gasteiger partial charge in [0.15, 0.2) is 14.3 Å². The zero-order valence-electron chi connectivity index (χ0n) is 24.5. The number of carbonyl (C=O) groups is 2. The zero-order chi connectivity index (χ0) is 28.4. The van der Waals surface area contributed by atoms with Gasteiger partial charge in [-0.1, -0.05) is 71.9 Å². The summed E-state index contributed by atoms with van der Waals surface area (Å²) in [5, 5.41) is -0.0430. The largest absolute Gasteiger partial charge is 0.447 e. The van der Waals surface area contributed by atoms with E-state index in [0.717, 1.165) is 5.56 Å². The number of carbonyl (C=O) groups excluding carboxylic acids is 2. The van der Waals surface area contributed by atoms with Crippen molar-refractivity contribution in [2.45, 2.75) is 90.4 Å². The maximum Gasteiger partial charge on any atom is 0.416 e. The molecule has 1 aromatic rings. The van der Waals surface area contributed by atoms with Crippen LogP contribution in [0.25, 0.3) is 0 Å². The molecule has 0 radical (unpaired) electrons. The number of hydrogen-bond acceptors (Lipinski definition) is 6. The van der Waals surface area contributed by atoms with Crippen molar-refractivity contribution in [3.63, 3.8) is 0 Å². The lowest BCUT2D eigenvalue weighted by molar-refractivity contribution is -0.213. The Morgan fingerprint density at radius 1 is 1.21 bits per heavy atom. The van der Waals surface area contributed by atoms with Crippen molar-refractivity contribution in [3.05, 3.63) is 35.9 Å². The molecular weight excluding hydrogens is 536 g/mol. The van der Waals surface area contributed by atoms with Gasteiger partial charge in [0.25, 0.3) is 0 Å². The van der Waals surface area contributed by atoms with Crippen molar-refractivity contribution < 1.29 is 28.2 Å². The lowest BCUT2D eigenvalue weighted by atomic mass is 9.83. The van der Waals surface area contributed by atoms with Gasteiger partial charge in [-0.25, -0.2) is 9.69 Å². The summed E-state index contributed by atoms with van der Waals surface area (Å²) in [6.07, 6.45) is -0.565. The third-order valence-electron chi connectivity index (χ3n) is 8.34. The molecule has 0 aromatic heterocycles. The number of hydrogen-bond donors (Lipinski definition) is 0. The molecular formula is C28H47NO6P2Si. The second kappa shape index (κ2) is 12.7. The number of benzene rings is 1. The Morgan fingerprint density at radius 2 is 1.84 bits per heavy atom. The third-order valence-corrected chi connectivity index (χ3v) is 14.5. The SMILES string of the molecule is C[C@H]([C@H]1OC(P(C)P)OC[C@@H]1C)[C@H](O[Si](C)(C)C(C)(C)C)[C@@H](C)C(=O)N1C(=O)OC[C@H]1Cc1ccccc1. The molecule has 7 nitrogen and oxygen atoms in total. The number of rotatable bonds is 9. The Morgan fingerprint density at radius 3 is 2.42 bits per heavy atom. The summed E-state index contributed by atoms with van der Waals surface area (Å²) in [4.78, 5) is 28.2. The minimum Gasteiger partial charge on any atom is -0.447 e. The number of cyclic esters (lactones) is 1. The van der Waals surface area contributed by atoms with E-state index in [1.165, 1.54) is 4.90 Å². The number of ether oxygens (including phenoxy) is 3. The number of imide groups is 1. The molecule has 2 aliphatic rings. The van der Waals surface area contributed by atoms with E-state index < -0.39 is 34.0 Å². The van der Waals surface area contributed by atoms with Crippen LogP contribution in [-0.2, 0) is 29.9 Å². The van der Waals surface area contributed by atoms with E-state index in [4.69, 9.17) is 18.6 Å². The average molecular weight is 584 g/mol. The molecule has 3 rings (SSSR count). The molecule has 3 unspecified atom stereocenters. The minimum atomic E-state index is -2.27. The van der Waals surface area contributed by atoms with E-state index in [-0.39, 0.29) is 47.6 Å². The lowest BCUT2D eigenvalue weighted by Crippen LogP contribution is -2.55. The van der Waals surface area contributed by atoms with E-state index in [1.807, 2.05) is 37.3 Å². The highest BCUT2D eigenvalue weighted by atomic mass is 32.0. The van der Waals surface area contributed by atoms with Crippen molar-refractivity contribution in [3.8, 4) is 0 Å².